The van der Waals surface area contributed by atoms with Crippen LogP contribution in [0.25, 0.3) is 11.1 Å². The van der Waals surface area contributed by atoms with Gasteiger partial charge in [0.2, 0.25) is 5.88 Å². The highest BCUT2D eigenvalue weighted by Gasteiger charge is 2.25. The van der Waals surface area contributed by atoms with Gasteiger partial charge >= 0.3 is 0 Å². The minimum Gasteiger partial charge on any atom is -0.494 e. The van der Waals surface area contributed by atoms with E-state index in [1.165, 1.54) is 32.1 Å². The summed E-state index contributed by atoms with van der Waals surface area (Å²) < 4.78 is 10.8. The van der Waals surface area contributed by atoms with Gasteiger partial charge in [0.15, 0.2) is 0 Å². The van der Waals surface area contributed by atoms with Gasteiger partial charge in [0, 0.05) is 5.92 Å². The number of aromatic nitrogens is 1. The van der Waals surface area contributed by atoms with E-state index < -0.39 is 0 Å². The van der Waals surface area contributed by atoms with Gasteiger partial charge in [-0.1, -0.05) is 36.6 Å². The first-order chi connectivity index (χ1) is 10.3. The van der Waals surface area contributed by atoms with Crippen LogP contribution in [0.2, 0.25) is 0 Å². The van der Waals surface area contributed by atoms with E-state index in [-0.39, 0.29) is 0 Å². The topological polar surface area (TPSA) is 61.3 Å². The highest BCUT2D eigenvalue weighted by atomic mass is 16.5. The zero-order chi connectivity index (χ0) is 14.7. The van der Waals surface area contributed by atoms with Crippen molar-refractivity contribution in [3.63, 3.8) is 0 Å². The van der Waals surface area contributed by atoms with Crippen molar-refractivity contribution < 1.29 is 9.26 Å². The number of hydrogen-bond acceptors (Lipinski definition) is 4. The summed E-state index contributed by atoms with van der Waals surface area (Å²) in [5.74, 6) is 1.76. The maximum Gasteiger partial charge on any atom is 0.230 e. The summed E-state index contributed by atoms with van der Waals surface area (Å²) in [5.41, 5.74) is 9.06. The highest BCUT2D eigenvalue weighted by molar-refractivity contribution is 5.75. The third kappa shape index (κ3) is 2.89. The molecule has 1 aromatic carbocycles. The number of nitrogens with zero attached hydrogens (tertiary/aromatic N) is 1. The standard InChI is InChI=1S/C17H22N2O2/c1-2-20-14-10-8-12(9-11-14)15-16(19-21-17(15)18)13-6-4-3-5-7-13/h8-11,13H,2-7,18H2,1H3. The molecule has 0 amide bonds. The normalized spacial score (nSPS) is 16.0. The molecule has 112 valence electrons. The van der Waals surface area contributed by atoms with Gasteiger partial charge < -0.3 is 15.0 Å². The number of nitrogens with two attached hydrogens (primary N) is 1. The summed E-state index contributed by atoms with van der Waals surface area (Å²) in [7, 11) is 0. The molecule has 1 heterocycles. The molecule has 0 unspecified atom stereocenters. The quantitative estimate of drug-likeness (QED) is 0.906. The van der Waals surface area contributed by atoms with Crippen LogP contribution in [-0.2, 0) is 0 Å². The zero-order valence-electron chi connectivity index (χ0n) is 12.5. The molecule has 1 aromatic heterocycles. The third-order valence-electron chi connectivity index (χ3n) is 4.19. The van der Waals surface area contributed by atoms with E-state index in [9.17, 15) is 0 Å². The van der Waals surface area contributed by atoms with Crippen molar-refractivity contribution >= 4 is 5.88 Å². The largest absolute Gasteiger partial charge is 0.494 e. The predicted octanol–water partition coefficient (Wildman–Crippen LogP) is 4.37. The second-order valence-corrected chi connectivity index (χ2v) is 5.60. The first-order valence-corrected chi connectivity index (χ1v) is 7.78. The van der Waals surface area contributed by atoms with Crippen LogP contribution in [0.3, 0.4) is 0 Å². The van der Waals surface area contributed by atoms with Crippen molar-refractivity contribution in [3.05, 3.63) is 30.0 Å². The summed E-state index contributed by atoms with van der Waals surface area (Å²) in [6, 6.07) is 7.99. The van der Waals surface area contributed by atoms with E-state index >= 15 is 0 Å². The fraction of sp³-hybridized carbons (Fsp3) is 0.471. The van der Waals surface area contributed by atoms with Gasteiger partial charge in [-0.2, -0.15) is 0 Å². The van der Waals surface area contributed by atoms with E-state index in [1.54, 1.807) is 0 Å². The van der Waals surface area contributed by atoms with Crippen LogP contribution in [0.1, 0.15) is 50.6 Å². The van der Waals surface area contributed by atoms with E-state index in [1.807, 2.05) is 31.2 Å². The Morgan fingerprint density at radius 3 is 2.57 bits per heavy atom. The number of ether oxygens (including phenoxy) is 1. The number of nitrogen functional groups attached to an aromatic ring is 1. The molecular weight excluding hydrogens is 264 g/mol. The number of hydrogen-bond donors (Lipinski definition) is 1. The molecule has 3 rings (SSSR count). The van der Waals surface area contributed by atoms with Crippen LogP contribution in [0.4, 0.5) is 5.88 Å². The summed E-state index contributed by atoms with van der Waals surface area (Å²) in [6.45, 7) is 2.65. The van der Waals surface area contributed by atoms with E-state index in [4.69, 9.17) is 15.0 Å². The van der Waals surface area contributed by atoms with Gasteiger partial charge in [0.05, 0.1) is 17.9 Å². The molecular formula is C17H22N2O2. The molecule has 1 fully saturated rings. The molecule has 2 aromatic rings. The van der Waals surface area contributed by atoms with E-state index in [0.29, 0.717) is 18.4 Å². The Morgan fingerprint density at radius 1 is 1.19 bits per heavy atom. The van der Waals surface area contributed by atoms with E-state index in [2.05, 4.69) is 5.16 Å². The number of benzene rings is 1. The summed E-state index contributed by atoms with van der Waals surface area (Å²) in [4.78, 5) is 0. The average Bonchev–Trinajstić information content (AvgIpc) is 2.91. The predicted molar refractivity (Wildman–Crippen MR) is 83.3 cm³/mol. The molecule has 0 radical (unpaired) electrons. The molecule has 0 atom stereocenters. The number of anilines is 1. The molecule has 0 bridgehead atoms. The molecule has 1 aliphatic rings. The van der Waals surface area contributed by atoms with Crippen LogP contribution < -0.4 is 10.5 Å². The van der Waals surface area contributed by atoms with Gasteiger partial charge in [-0.3, -0.25) is 0 Å². The molecule has 21 heavy (non-hydrogen) atoms. The van der Waals surface area contributed by atoms with Crippen LogP contribution in [0, 0.1) is 0 Å². The Hall–Kier alpha value is -1.97. The number of rotatable bonds is 4. The maximum atomic E-state index is 6.02. The SMILES string of the molecule is CCOc1ccc(-c2c(C3CCCCC3)noc2N)cc1. The van der Waals surface area contributed by atoms with Gasteiger partial charge in [-0.15, -0.1) is 0 Å². The lowest BCUT2D eigenvalue weighted by Crippen LogP contribution is -2.06. The lowest BCUT2D eigenvalue weighted by molar-refractivity contribution is 0.340. The monoisotopic (exact) mass is 286 g/mol. The first-order valence-electron chi connectivity index (χ1n) is 7.78. The molecule has 0 aliphatic heterocycles. The van der Waals surface area contributed by atoms with Crippen molar-refractivity contribution in [3.8, 4) is 16.9 Å². The summed E-state index contributed by atoms with van der Waals surface area (Å²) in [6.07, 6.45) is 6.20. The van der Waals surface area contributed by atoms with Crippen LogP contribution in [-0.4, -0.2) is 11.8 Å². The van der Waals surface area contributed by atoms with Gasteiger partial charge in [0.25, 0.3) is 0 Å². The minimum atomic E-state index is 0.416. The Morgan fingerprint density at radius 2 is 1.90 bits per heavy atom. The van der Waals surface area contributed by atoms with Crippen molar-refractivity contribution in [2.45, 2.75) is 44.9 Å². The fourth-order valence-electron chi connectivity index (χ4n) is 3.15. The lowest BCUT2D eigenvalue weighted by atomic mass is 9.84. The third-order valence-corrected chi connectivity index (χ3v) is 4.19. The molecule has 1 aliphatic carbocycles. The van der Waals surface area contributed by atoms with Gasteiger partial charge in [-0.05, 0) is 37.5 Å². The average molecular weight is 286 g/mol. The highest BCUT2D eigenvalue weighted by Crippen LogP contribution is 2.40. The Bertz CT molecular complexity index is 583. The summed E-state index contributed by atoms with van der Waals surface area (Å²) >= 11 is 0. The van der Waals surface area contributed by atoms with Crippen LogP contribution in [0.15, 0.2) is 28.8 Å². The van der Waals surface area contributed by atoms with E-state index in [0.717, 1.165) is 22.6 Å². The molecule has 2 N–H and O–H groups in total. The van der Waals surface area contributed by atoms with Gasteiger partial charge in [0.1, 0.15) is 5.75 Å². The Balaban J connectivity index is 1.91. The lowest BCUT2D eigenvalue weighted by Gasteiger charge is -2.20. The smallest absolute Gasteiger partial charge is 0.230 e. The Kier molecular flexibility index (Phi) is 4.13. The molecule has 0 spiro atoms. The first kappa shape index (κ1) is 14.0. The van der Waals surface area contributed by atoms with Crippen LogP contribution in [0.5, 0.6) is 5.75 Å². The molecule has 1 saturated carbocycles. The fourth-order valence-corrected chi connectivity index (χ4v) is 3.15. The van der Waals surface area contributed by atoms with Crippen LogP contribution >= 0.6 is 0 Å². The van der Waals surface area contributed by atoms with Crippen molar-refractivity contribution in [2.75, 3.05) is 12.3 Å². The Labute approximate surface area is 125 Å². The second kappa shape index (κ2) is 6.20. The van der Waals surface area contributed by atoms with Crippen molar-refractivity contribution in [2.24, 2.45) is 0 Å². The van der Waals surface area contributed by atoms with Gasteiger partial charge in [-0.25, -0.2) is 0 Å². The molecule has 4 heteroatoms. The second-order valence-electron chi connectivity index (χ2n) is 5.60. The minimum absolute atomic E-state index is 0.416. The molecule has 4 nitrogen and oxygen atoms in total. The zero-order valence-corrected chi connectivity index (χ0v) is 12.5. The van der Waals surface area contributed by atoms with Crippen molar-refractivity contribution in [1.29, 1.82) is 0 Å². The summed E-state index contributed by atoms with van der Waals surface area (Å²) in [5, 5.41) is 4.24. The maximum absolute atomic E-state index is 6.02. The van der Waals surface area contributed by atoms with Crippen molar-refractivity contribution in [1.82, 2.24) is 5.16 Å². The molecule has 0 saturated heterocycles.